The van der Waals surface area contributed by atoms with Gasteiger partial charge >= 0.3 is 0 Å². The predicted octanol–water partition coefficient (Wildman–Crippen LogP) is 1.18. The molecule has 0 aromatic carbocycles. The summed E-state index contributed by atoms with van der Waals surface area (Å²) in [5, 5.41) is 13.1. The van der Waals surface area contributed by atoms with E-state index < -0.39 is 0 Å². The molecule has 94 valence electrons. The van der Waals surface area contributed by atoms with Crippen molar-refractivity contribution < 1.29 is 5.11 Å². The Morgan fingerprint density at radius 3 is 2.65 bits per heavy atom. The summed E-state index contributed by atoms with van der Waals surface area (Å²) in [6.07, 6.45) is 5.10. The molecule has 17 heavy (non-hydrogen) atoms. The van der Waals surface area contributed by atoms with Crippen molar-refractivity contribution in [2.45, 2.75) is 31.4 Å². The first kappa shape index (κ1) is 11.4. The number of hydrogen-bond donors (Lipinski definition) is 1. The highest BCUT2D eigenvalue weighted by Gasteiger charge is 2.32. The molecular formula is C12H19N3OS. The van der Waals surface area contributed by atoms with Crippen LogP contribution in [0.25, 0.3) is 0 Å². The second-order valence-electron chi connectivity index (χ2n) is 4.90. The maximum absolute atomic E-state index is 9.93. The molecule has 0 amide bonds. The number of piperazine rings is 1. The second-order valence-corrected chi connectivity index (χ2v) is 5.78. The van der Waals surface area contributed by atoms with E-state index in [9.17, 15) is 5.11 Å². The molecular weight excluding hydrogens is 234 g/mol. The van der Waals surface area contributed by atoms with Gasteiger partial charge in [0.1, 0.15) is 0 Å². The number of thiazole rings is 1. The zero-order chi connectivity index (χ0) is 11.7. The molecule has 0 unspecified atom stereocenters. The lowest BCUT2D eigenvalue weighted by Crippen LogP contribution is -2.52. The highest BCUT2D eigenvalue weighted by Crippen LogP contribution is 2.26. The van der Waals surface area contributed by atoms with Gasteiger partial charge in [0, 0.05) is 43.8 Å². The van der Waals surface area contributed by atoms with Crippen molar-refractivity contribution in [2.75, 3.05) is 31.1 Å². The van der Waals surface area contributed by atoms with Crippen LogP contribution in [0.5, 0.6) is 0 Å². The Morgan fingerprint density at radius 2 is 2.06 bits per heavy atom. The number of aliphatic hydroxyl groups is 1. The molecule has 1 aliphatic heterocycles. The molecule has 1 saturated heterocycles. The summed E-state index contributed by atoms with van der Waals surface area (Å²) in [6, 6.07) is 0.411. The van der Waals surface area contributed by atoms with Crippen LogP contribution >= 0.6 is 11.3 Å². The topological polar surface area (TPSA) is 39.6 Å². The highest BCUT2D eigenvalue weighted by atomic mass is 32.1. The first-order valence-corrected chi connectivity index (χ1v) is 7.29. The molecule has 2 aliphatic rings. The molecule has 1 aliphatic carbocycles. The molecule has 5 heteroatoms. The molecule has 3 rings (SSSR count). The fourth-order valence-corrected chi connectivity index (χ4v) is 3.66. The first-order valence-electron chi connectivity index (χ1n) is 6.41. The fraction of sp³-hybridized carbons (Fsp3) is 0.750. The summed E-state index contributed by atoms with van der Waals surface area (Å²) in [5.74, 6) is 0. The zero-order valence-corrected chi connectivity index (χ0v) is 10.8. The van der Waals surface area contributed by atoms with Gasteiger partial charge in [-0.3, -0.25) is 4.90 Å². The summed E-state index contributed by atoms with van der Waals surface area (Å²) in [5.41, 5.74) is 0. The number of aromatic nitrogens is 1. The number of nitrogens with zero attached hydrogens (tertiary/aromatic N) is 3. The van der Waals surface area contributed by atoms with Crippen molar-refractivity contribution in [1.29, 1.82) is 0 Å². The molecule has 1 N–H and O–H groups in total. The lowest BCUT2D eigenvalue weighted by Gasteiger charge is -2.39. The average Bonchev–Trinajstić information content (AvgIpc) is 3.00. The Hall–Kier alpha value is -0.650. The molecule has 1 saturated carbocycles. The molecule has 2 fully saturated rings. The van der Waals surface area contributed by atoms with E-state index in [1.165, 1.54) is 12.8 Å². The molecule has 4 nitrogen and oxygen atoms in total. The minimum Gasteiger partial charge on any atom is -0.391 e. The maximum atomic E-state index is 9.93. The Labute approximate surface area is 106 Å². The lowest BCUT2D eigenvalue weighted by atomic mass is 10.1. The molecule has 2 atom stereocenters. The third-order valence-corrected chi connectivity index (χ3v) is 4.75. The summed E-state index contributed by atoms with van der Waals surface area (Å²) in [4.78, 5) is 9.16. The summed E-state index contributed by atoms with van der Waals surface area (Å²) >= 11 is 1.71. The van der Waals surface area contributed by atoms with Gasteiger partial charge in [0.2, 0.25) is 0 Å². The Bertz CT molecular complexity index is 349. The van der Waals surface area contributed by atoms with Crippen molar-refractivity contribution in [1.82, 2.24) is 9.88 Å². The highest BCUT2D eigenvalue weighted by molar-refractivity contribution is 7.13. The molecule has 0 bridgehead atoms. The minimum atomic E-state index is -0.0959. The van der Waals surface area contributed by atoms with Crippen LogP contribution in [0.2, 0.25) is 0 Å². The predicted molar refractivity (Wildman–Crippen MR) is 69.5 cm³/mol. The summed E-state index contributed by atoms with van der Waals surface area (Å²) in [7, 11) is 0. The Balaban J connectivity index is 1.57. The number of hydrogen-bond acceptors (Lipinski definition) is 5. The van der Waals surface area contributed by atoms with Gasteiger partial charge < -0.3 is 10.0 Å². The van der Waals surface area contributed by atoms with Crippen LogP contribution in [0.4, 0.5) is 5.13 Å². The monoisotopic (exact) mass is 253 g/mol. The average molecular weight is 253 g/mol. The van der Waals surface area contributed by atoms with Gasteiger partial charge in [-0.05, 0) is 19.3 Å². The van der Waals surface area contributed by atoms with Crippen LogP contribution in [-0.2, 0) is 0 Å². The Morgan fingerprint density at radius 1 is 1.24 bits per heavy atom. The van der Waals surface area contributed by atoms with Crippen LogP contribution < -0.4 is 4.90 Å². The molecule has 0 radical (unpaired) electrons. The van der Waals surface area contributed by atoms with Crippen molar-refractivity contribution in [3.05, 3.63) is 11.6 Å². The third kappa shape index (κ3) is 2.32. The first-order chi connectivity index (χ1) is 8.34. The van der Waals surface area contributed by atoms with Crippen LogP contribution in [0, 0.1) is 0 Å². The second kappa shape index (κ2) is 4.92. The van der Waals surface area contributed by atoms with Crippen LogP contribution in [0.3, 0.4) is 0 Å². The molecule has 2 heterocycles. The quantitative estimate of drug-likeness (QED) is 0.859. The summed E-state index contributed by atoms with van der Waals surface area (Å²) < 4.78 is 0. The van der Waals surface area contributed by atoms with E-state index in [1.807, 2.05) is 11.6 Å². The number of anilines is 1. The van der Waals surface area contributed by atoms with Crippen LogP contribution in [0.15, 0.2) is 11.6 Å². The van der Waals surface area contributed by atoms with E-state index in [-0.39, 0.29) is 6.10 Å². The largest absolute Gasteiger partial charge is 0.391 e. The van der Waals surface area contributed by atoms with Crippen molar-refractivity contribution in [3.63, 3.8) is 0 Å². The van der Waals surface area contributed by atoms with E-state index in [0.717, 1.165) is 37.7 Å². The van der Waals surface area contributed by atoms with Gasteiger partial charge in [0.05, 0.1) is 6.10 Å². The molecule has 1 aromatic heterocycles. The van der Waals surface area contributed by atoms with Gasteiger partial charge in [-0.25, -0.2) is 4.98 Å². The van der Waals surface area contributed by atoms with Crippen molar-refractivity contribution in [3.8, 4) is 0 Å². The number of aliphatic hydroxyl groups excluding tert-OH is 1. The minimum absolute atomic E-state index is 0.0959. The van der Waals surface area contributed by atoms with E-state index in [2.05, 4.69) is 14.8 Å². The normalized spacial score (nSPS) is 31.0. The molecule has 0 spiro atoms. The third-order valence-electron chi connectivity index (χ3n) is 3.92. The van der Waals surface area contributed by atoms with Gasteiger partial charge in [0.15, 0.2) is 5.13 Å². The maximum Gasteiger partial charge on any atom is 0.185 e. The van der Waals surface area contributed by atoms with Gasteiger partial charge in [0.25, 0.3) is 0 Å². The van der Waals surface area contributed by atoms with Gasteiger partial charge in [-0.15, -0.1) is 11.3 Å². The molecule has 1 aromatic rings. The van der Waals surface area contributed by atoms with Crippen LogP contribution in [-0.4, -0.2) is 53.3 Å². The lowest BCUT2D eigenvalue weighted by molar-refractivity contribution is 0.0671. The zero-order valence-electron chi connectivity index (χ0n) is 9.96. The smallest absolute Gasteiger partial charge is 0.185 e. The SMILES string of the molecule is O[C@H]1CCC[C@@H]1N1CCN(c2nccs2)CC1. The van der Waals surface area contributed by atoms with Gasteiger partial charge in [-0.1, -0.05) is 0 Å². The van der Waals surface area contributed by atoms with E-state index in [0.29, 0.717) is 6.04 Å². The van der Waals surface area contributed by atoms with Gasteiger partial charge in [-0.2, -0.15) is 0 Å². The number of rotatable bonds is 2. The van der Waals surface area contributed by atoms with E-state index >= 15 is 0 Å². The fourth-order valence-electron chi connectivity index (χ4n) is 2.96. The van der Waals surface area contributed by atoms with E-state index in [1.54, 1.807) is 11.3 Å². The Kier molecular flexibility index (Phi) is 3.31. The van der Waals surface area contributed by atoms with Crippen molar-refractivity contribution >= 4 is 16.5 Å². The van der Waals surface area contributed by atoms with Crippen molar-refractivity contribution in [2.24, 2.45) is 0 Å². The van der Waals surface area contributed by atoms with E-state index in [4.69, 9.17) is 0 Å². The van der Waals surface area contributed by atoms with Crippen LogP contribution in [0.1, 0.15) is 19.3 Å². The summed E-state index contributed by atoms with van der Waals surface area (Å²) in [6.45, 7) is 4.19. The standard InChI is InChI=1S/C12H19N3OS/c16-11-3-1-2-10(11)14-5-7-15(8-6-14)12-13-4-9-17-12/h4,9-11,16H,1-3,5-8H2/t10-,11-/m0/s1.